The molecular weight excluding hydrogens is 234 g/mol. The first kappa shape index (κ1) is 13.9. The second-order valence-electron chi connectivity index (χ2n) is 5.06. The molecule has 1 N–H and O–H groups in total. The third-order valence-corrected chi connectivity index (χ3v) is 3.42. The molecule has 0 amide bonds. The number of benzene rings is 1. The summed E-state index contributed by atoms with van der Waals surface area (Å²) < 4.78 is 2.33. The Morgan fingerprint density at radius 2 is 1.89 bits per heavy atom. The smallest absolute Gasteiger partial charge is 0.203 e. The number of anilines is 1. The van der Waals surface area contributed by atoms with Crippen LogP contribution in [0.5, 0.6) is 0 Å². The normalized spacial score (nSPS) is 11.1. The first-order chi connectivity index (χ1) is 9.36. The van der Waals surface area contributed by atoms with E-state index in [-0.39, 0.29) is 0 Å². The minimum atomic E-state index is 0.984. The van der Waals surface area contributed by atoms with Gasteiger partial charge in [0, 0.05) is 13.1 Å². The highest BCUT2D eigenvalue weighted by molar-refractivity contribution is 5.78. The van der Waals surface area contributed by atoms with Gasteiger partial charge in [0.15, 0.2) is 0 Å². The van der Waals surface area contributed by atoms with Crippen LogP contribution in [0.25, 0.3) is 11.0 Å². The minimum absolute atomic E-state index is 0.984. The van der Waals surface area contributed by atoms with Crippen molar-refractivity contribution in [1.82, 2.24) is 9.55 Å². The number of nitrogens with one attached hydrogen (secondary N) is 1. The van der Waals surface area contributed by atoms with Crippen LogP contribution in [0.1, 0.15) is 46.0 Å². The van der Waals surface area contributed by atoms with E-state index in [0.29, 0.717) is 0 Å². The van der Waals surface area contributed by atoms with Crippen molar-refractivity contribution in [2.45, 2.75) is 52.5 Å². The topological polar surface area (TPSA) is 29.9 Å². The highest BCUT2D eigenvalue weighted by Gasteiger charge is 2.08. The molecule has 0 aliphatic carbocycles. The van der Waals surface area contributed by atoms with Crippen molar-refractivity contribution in [2.75, 3.05) is 11.9 Å². The van der Waals surface area contributed by atoms with E-state index in [1.54, 1.807) is 0 Å². The molecule has 0 atom stereocenters. The van der Waals surface area contributed by atoms with Gasteiger partial charge in [-0.2, -0.15) is 0 Å². The zero-order chi connectivity index (χ0) is 13.5. The van der Waals surface area contributed by atoms with E-state index >= 15 is 0 Å². The van der Waals surface area contributed by atoms with Gasteiger partial charge in [0.05, 0.1) is 11.0 Å². The maximum atomic E-state index is 4.70. The molecule has 0 saturated carbocycles. The Bertz CT molecular complexity index is 502. The number of hydrogen-bond donors (Lipinski definition) is 1. The van der Waals surface area contributed by atoms with Crippen LogP contribution in [-0.4, -0.2) is 16.1 Å². The molecule has 0 saturated heterocycles. The van der Waals surface area contributed by atoms with Crippen LogP contribution >= 0.6 is 0 Å². The fourth-order valence-corrected chi connectivity index (χ4v) is 2.37. The number of rotatable bonds is 8. The average molecular weight is 259 g/mol. The summed E-state index contributed by atoms with van der Waals surface area (Å²) in [6, 6.07) is 8.41. The molecule has 0 spiro atoms. The molecule has 0 aliphatic heterocycles. The van der Waals surface area contributed by atoms with E-state index in [1.807, 2.05) is 0 Å². The largest absolute Gasteiger partial charge is 0.356 e. The van der Waals surface area contributed by atoms with Gasteiger partial charge in [-0.1, -0.05) is 45.2 Å². The van der Waals surface area contributed by atoms with Crippen LogP contribution < -0.4 is 5.32 Å². The number of para-hydroxylation sites is 2. The van der Waals surface area contributed by atoms with Crippen molar-refractivity contribution in [3.8, 4) is 0 Å². The van der Waals surface area contributed by atoms with Gasteiger partial charge >= 0.3 is 0 Å². The molecule has 2 rings (SSSR count). The van der Waals surface area contributed by atoms with Crippen molar-refractivity contribution < 1.29 is 0 Å². The highest BCUT2D eigenvalue weighted by atomic mass is 15.2. The molecule has 1 aromatic heterocycles. The summed E-state index contributed by atoms with van der Waals surface area (Å²) in [5.41, 5.74) is 2.34. The number of unbranched alkanes of at least 4 members (excludes halogenated alkanes) is 3. The van der Waals surface area contributed by atoms with Gasteiger partial charge < -0.3 is 9.88 Å². The maximum Gasteiger partial charge on any atom is 0.203 e. The van der Waals surface area contributed by atoms with Crippen molar-refractivity contribution in [2.24, 2.45) is 0 Å². The second-order valence-corrected chi connectivity index (χ2v) is 5.06. The molecule has 0 aliphatic rings. The van der Waals surface area contributed by atoms with Crippen molar-refractivity contribution in [3.05, 3.63) is 24.3 Å². The lowest BCUT2D eigenvalue weighted by atomic mass is 10.2. The average Bonchev–Trinajstić information content (AvgIpc) is 2.79. The van der Waals surface area contributed by atoms with E-state index in [0.717, 1.165) is 31.0 Å². The van der Waals surface area contributed by atoms with Crippen LogP contribution in [0.15, 0.2) is 24.3 Å². The van der Waals surface area contributed by atoms with Crippen LogP contribution in [0.3, 0.4) is 0 Å². The Kier molecular flexibility index (Phi) is 5.25. The molecule has 0 radical (unpaired) electrons. The second kappa shape index (κ2) is 7.17. The SMILES string of the molecule is CCCCCCn1c(NCCC)nc2ccccc21. The standard InChI is InChI=1S/C16H25N3/c1-3-5-6-9-13-19-15-11-8-7-10-14(15)18-16(19)17-12-4-2/h7-8,10-11H,3-6,9,12-13H2,1-2H3,(H,17,18). The maximum absolute atomic E-state index is 4.70. The number of fused-ring (bicyclic) bond motifs is 1. The molecule has 0 unspecified atom stereocenters. The lowest BCUT2D eigenvalue weighted by molar-refractivity contribution is 0.593. The molecule has 3 nitrogen and oxygen atoms in total. The fourth-order valence-electron chi connectivity index (χ4n) is 2.37. The van der Waals surface area contributed by atoms with Gasteiger partial charge in [0.1, 0.15) is 0 Å². The Labute approximate surface area is 116 Å². The molecule has 0 bridgehead atoms. The van der Waals surface area contributed by atoms with Crippen LogP contribution in [0.4, 0.5) is 5.95 Å². The highest BCUT2D eigenvalue weighted by Crippen LogP contribution is 2.20. The van der Waals surface area contributed by atoms with Crippen LogP contribution in [0, 0.1) is 0 Å². The van der Waals surface area contributed by atoms with Gasteiger partial charge in [-0.05, 0) is 25.0 Å². The summed E-state index contributed by atoms with van der Waals surface area (Å²) >= 11 is 0. The summed E-state index contributed by atoms with van der Waals surface area (Å²) in [6.45, 7) is 6.48. The van der Waals surface area contributed by atoms with Crippen LogP contribution in [0.2, 0.25) is 0 Å². The Morgan fingerprint density at radius 1 is 1.05 bits per heavy atom. The van der Waals surface area contributed by atoms with Crippen molar-refractivity contribution >= 4 is 17.0 Å². The summed E-state index contributed by atoms with van der Waals surface area (Å²) in [7, 11) is 0. The van der Waals surface area contributed by atoms with E-state index in [4.69, 9.17) is 4.98 Å². The molecule has 1 aromatic carbocycles. The van der Waals surface area contributed by atoms with Gasteiger partial charge in [-0.3, -0.25) is 0 Å². The quantitative estimate of drug-likeness (QED) is 0.710. The zero-order valence-electron chi connectivity index (χ0n) is 12.2. The molecule has 104 valence electrons. The molecule has 2 aromatic rings. The first-order valence-corrected chi connectivity index (χ1v) is 7.56. The van der Waals surface area contributed by atoms with Gasteiger partial charge in [0.2, 0.25) is 5.95 Å². The predicted molar refractivity (Wildman–Crippen MR) is 82.7 cm³/mol. The van der Waals surface area contributed by atoms with Crippen molar-refractivity contribution in [3.63, 3.8) is 0 Å². The zero-order valence-corrected chi connectivity index (χ0v) is 12.2. The van der Waals surface area contributed by atoms with E-state index < -0.39 is 0 Å². The predicted octanol–water partition coefficient (Wildman–Crippen LogP) is 4.44. The minimum Gasteiger partial charge on any atom is -0.356 e. The molecule has 3 heteroatoms. The van der Waals surface area contributed by atoms with Gasteiger partial charge in [-0.25, -0.2) is 4.98 Å². The summed E-state index contributed by atoms with van der Waals surface area (Å²) in [5.74, 6) is 1.03. The summed E-state index contributed by atoms with van der Waals surface area (Å²) in [6.07, 6.45) is 6.26. The molecule has 19 heavy (non-hydrogen) atoms. The third kappa shape index (κ3) is 3.49. The van der Waals surface area contributed by atoms with Gasteiger partial charge in [-0.15, -0.1) is 0 Å². The van der Waals surface area contributed by atoms with Crippen LogP contribution in [-0.2, 0) is 6.54 Å². The third-order valence-electron chi connectivity index (χ3n) is 3.42. The number of imidazole rings is 1. The Morgan fingerprint density at radius 3 is 2.68 bits per heavy atom. The van der Waals surface area contributed by atoms with Gasteiger partial charge in [0.25, 0.3) is 0 Å². The fraction of sp³-hybridized carbons (Fsp3) is 0.562. The monoisotopic (exact) mass is 259 g/mol. The number of aryl methyl sites for hydroxylation is 1. The Balaban J connectivity index is 2.16. The number of nitrogens with zero attached hydrogens (tertiary/aromatic N) is 2. The Hall–Kier alpha value is -1.51. The van der Waals surface area contributed by atoms with E-state index in [2.05, 4.69) is 48.0 Å². The van der Waals surface area contributed by atoms with E-state index in [1.165, 1.54) is 31.2 Å². The van der Waals surface area contributed by atoms with E-state index in [9.17, 15) is 0 Å². The summed E-state index contributed by atoms with van der Waals surface area (Å²) in [4.78, 5) is 4.70. The number of hydrogen-bond acceptors (Lipinski definition) is 2. The summed E-state index contributed by atoms with van der Waals surface area (Å²) in [5, 5.41) is 3.45. The first-order valence-electron chi connectivity index (χ1n) is 7.56. The lowest BCUT2D eigenvalue weighted by Crippen LogP contribution is -2.08. The molecule has 0 fully saturated rings. The molecular formula is C16H25N3. The number of aromatic nitrogens is 2. The lowest BCUT2D eigenvalue weighted by Gasteiger charge is -2.10. The molecule has 1 heterocycles. The van der Waals surface area contributed by atoms with Crippen molar-refractivity contribution in [1.29, 1.82) is 0 Å².